The van der Waals surface area contributed by atoms with E-state index in [9.17, 15) is 4.39 Å². The maximum atomic E-state index is 14.2. The predicted octanol–water partition coefficient (Wildman–Crippen LogP) is 4.26. The fourth-order valence-electron chi connectivity index (χ4n) is 3.38. The highest BCUT2D eigenvalue weighted by Crippen LogP contribution is 2.36. The van der Waals surface area contributed by atoms with E-state index in [2.05, 4.69) is 33.1 Å². The topological polar surface area (TPSA) is 15.3 Å². The Morgan fingerprint density at radius 3 is 2.81 bits per heavy atom. The summed E-state index contributed by atoms with van der Waals surface area (Å²) < 4.78 is 15.1. The van der Waals surface area contributed by atoms with Crippen LogP contribution >= 0.6 is 15.9 Å². The van der Waals surface area contributed by atoms with Gasteiger partial charge in [0.2, 0.25) is 0 Å². The third-order valence-electron chi connectivity index (χ3n) is 4.77. The third kappa shape index (κ3) is 3.85. The number of nitrogens with one attached hydrogen (secondary N) is 1. The molecule has 1 aliphatic carbocycles. The molecule has 1 N–H and O–H groups in total. The van der Waals surface area contributed by atoms with Crippen LogP contribution in [0, 0.1) is 5.82 Å². The average molecular weight is 355 g/mol. The van der Waals surface area contributed by atoms with Crippen molar-refractivity contribution in [3.63, 3.8) is 0 Å². The second-order valence-corrected chi connectivity index (χ2v) is 7.33. The lowest BCUT2D eigenvalue weighted by Gasteiger charge is -2.35. The molecule has 2 aliphatic rings. The van der Waals surface area contributed by atoms with Crippen LogP contribution in [0.4, 0.5) is 4.39 Å². The Morgan fingerprint density at radius 1 is 1.33 bits per heavy atom. The molecule has 2 atom stereocenters. The monoisotopic (exact) mass is 354 g/mol. The maximum Gasteiger partial charge on any atom is 0.128 e. The highest BCUT2D eigenvalue weighted by Gasteiger charge is 2.35. The fraction of sp³-hybridized carbons (Fsp3) is 0.647. The van der Waals surface area contributed by atoms with Crippen molar-refractivity contribution in [3.05, 3.63) is 34.1 Å². The molecule has 4 heteroatoms. The van der Waals surface area contributed by atoms with Crippen molar-refractivity contribution < 1.29 is 4.39 Å². The quantitative estimate of drug-likeness (QED) is 0.849. The summed E-state index contributed by atoms with van der Waals surface area (Å²) in [6, 6.07) is 6.62. The normalized spacial score (nSPS) is 24.3. The SMILES string of the molecule is CC(c1cc(Br)ccc1F)N(CC1CCCCN1)C1CC1. The lowest BCUT2D eigenvalue weighted by molar-refractivity contribution is 0.164. The van der Waals surface area contributed by atoms with Crippen LogP contribution in [0.1, 0.15) is 50.6 Å². The molecule has 1 heterocycles. The van der Waals surface area contributed by atoms with Gasteiger partial charge < -0.3 is 5.32 Å². The molecule has 1 saturated heterocycles. The zero-order chi connectivity index (χ0) is 14.8. The van der Waals surface area contributed by atoms with E-state index in [-0.39, 0.29) is 11.9 Å². The zero-order valence-electron chi connectivity index (χ0n) is 12.6. The molecule has 1 aromatic carbocycles. The molecular formula is C17H24BrFN2. The van der Waals surface area contributed by atoms with E-state index in [1.165, 1.54) is 32.1 Å². The van der Waals surface area contributed by atoms with Crippen molar-refractivity contribution in [2.24, 2.45) is 0 Å². The summed E-state index contributed by atoms with van der Waals surface area (Å²) in [6.07, 6.45) is 6.36. The van der Waals surface area contributed by atoms with Crippen LogP contribution in [0.15, 0.2) is 22.7 Å². The molecule has 2 fully saturated rings. The molecule has 1 aromatic rings. The van der Waals surface area contributed by atoms with Gasteiger partial charge in [0.1, 0.15) is 5.82 Å². The number of nitrogens with zero attached hydrogens (tertiary/aromatic N) is 1. The van der Waals surface area contributed by atoms with E-state index in [0.29, 0.717) is 12.1 Å². The summed E-state index contributed by atoms with van der Waals surface area (Å²) in [6.45, 7) is 4.31. The number of rotatable bonds is 5. The molecule has 1 aliphatic heterocycles. The molecule has 0 aromatic heterocycles. The van der Waals surface area contributed by atoms with Gasteiger partial charge in [-0.05, 0) is 57.4 Å². The second-order valence-electron chi connectivity index (χ2n) is 6.42. The van der Waals surface area contributed by atoms with Gasteiger partial charge in [0, 0.05) is 34.7 Å². The number of hydrogen-bond acceptors (Lipinski definition) is 2. The van der Waals surface area contributed by atoms with Gasteiger partial charge in [-0.2, -0.15) is 0 Å². The van der Waals surface area contributed by atoms with Crippen LogP contribution in [0.2, 0.25) is 0 Å². The molecule has 2 unspecified atom stereocenters. The van der Waals surface area contributed by atoms with E-state index in [0.717, 1.165) is 23.1 Å². The van der Waals surface area contributed by atoms with Crippen LogP contribution in [0.3, 0.4) is 0 Å². The maximum absolute atomic E-state index is 14.2. The predicted molar refractivity (Wildman–Crippen MR) is 87.9 cm³/mol. The van der Waals surface area contributed by atoms with E-state index in [4.69, 9.17) is 0 Å². The minimum Gasteiger partial charge on any atom is -0.313 e. The summed E-state index contributed by atoms with van der Waals surface area (Å²) >= 11 is 3.47. The molecule has 0 radical (unpaired) electrons. The highest BCUT2D eigenvalue weighted by molar-refractivity contribution is 9.10. The fourth-order valence-corrected chi connectivity index (χ4v) is 3.76. The number of hydrogen-bond donors (Lipinski definition) is 1. The Balaban J connectivity index is 1.74. The van der Waals surface area contributed by atoms with Crippen molar-refractivity contribution >= 4 is 15.9 Å². The van der Waals surface area contributed by atoms with Gasteiger partial charge in [-0.1, -0.05) is 22.4 Å². The van der Waals surface area contributed by atoms with Crippen molar-refractivity contribution in [3.8, 4) is 0 Å². The van der Waals surface area contributed by atoms with Crippen molar-refractivity contribution in [1.82, 2.24) is 10.2 Å². The molecule has 2 nitrogen and oxygen atoms in total. The minimum atomic E-state index is -0.0899. The Labute approximate surface area is 135 Å². The highest BCUT2D eigenvalue weighted by atomic mass is 79.9. The van der Waals surface area contributed by atoms with Gasteiger partial charge in [-0.15, -0.1) is 0 Å². The Hall–Kier alpha value is -0.450. The zero-order valence-corrected chi connectivity index (χ0v) is 14.2. The van der Waals surface area contributed by atoms with Gasteiger partial charge in [0.25, 0.3) is 0 Å². The first-order chi connectivity index (χ1) is 10.1. The number of piperidine rings is 1. The van der Waals surface area contributed by atoms with Crippen molar-refractivity contribution in [2.75, 3.05) is 13.1 Å². The van der Waals surface area contributed by atoms with Gasteiger partial charge in [-0.3, -0.25) is 4.90 Å². The summed E-state index contributed by atoms with van der Waals surface area (Å²) in [5.41, 5.74) is 0.812. The van der Waals surface area contributed by atoms with Gasteiger partial charge in [-0.25, -0.2) is 4.39 Å². The third-order valence-corrected chi connectivity index (χ3v) is 5.26. The molecule has 116 valence electrons. The van der Waals surface area contributed by atoms with E-state index in [1.807, 2.05) is 6.07 Å². The molecule has 1 saturated carbocycles. The molecular weight excluding hydrogens is 331 g/mol. The Kier molecular flexibility index (Phi) is 4.97. The lowest BCUT2D eigenvalue weighted by atomic mass is 10.0. The van der Waals surface area contributed by atoms with Crippen molar-refractivity contribution in [2.45, 2.75) is 57.2 Å². The Morgan fingerprint density at radius 2 is 2.14 bits per heavy atom. The summed E-state index contributed by atoms with van der Waals surface area (Å²) in [4.78, 5) is 2.51. The molecule has 3 rings (SSSR count). The first-order valence-electron chi connectivity index (χ1n) is 8.09. The number of benzene rings is 1. The summed E-state index contributed by atoms with van der Waals surface area (Å²) in [5, 5.41) is 3.62. The molecule has 0 amide bonds. The van der Waals surface area contributed by atoms with E-state index >= 15 is 0 Å². The Bertz CT molecular complexity index is 484. The average Bonchev–Trinajstić information content (AvgIpc) is 3.32. The number of halogens is 2. The van der Waals surface area contributed by atoms with Crippen LogP contribution < -0.4 is 5.32 Å². The largest absolute Gasteiger partial charge is 0.313 e. The van der Waals surface area contributed by atoms with Crippen LogP contribution in [0.5, 0.6) is 0 Å². The van der Waals surface area contributed by atoms with Gasteiger partial charge in [0.05, 0.1) is 0 Å². The first-order valence-corrected chi connectivity index (χ1v) is 8.88. The summed E-state index contributed by atoms with van der Waals surface area (Å²) in [5.74, 6) is -0.0899. The van der Waals surface area contributed by atoms with Gasteiger partial charge in [0.15, 0.2) is 0 Å². The smallest absolute Gasteiger partial charge is 0.128 e. The second kappa shape index (κ2) is 6.76. The van der Waals surface area contributed by atoms with Crippen LogP contribution in [0.25, 0.3) is 0 Å². The molecule has 21 heavy (non-hydrogen) atoms. The van der Waals surface area contributed by atoms with Crippen LogP contribution in [-0.2, 0) is 0 Å². The molecule has 0 spiro atoms. The van der Waals surface area contributed by atoms with Gasteiger partial charge >= 0.3 is 0 Å². The van der Waals surface area contributed by atoms with Crippen molar-refractivity contribution in [1.29, 1.82) is 0 Å². The van der Waals surface area contributed by atoms with E-state index < -0.39 is 0 Å². The first kappa shape index (κ1) is 15.4. The van der Waals surface area contributed by atoms with E-state index in [1.54, 1.807) is 12.1 Å². The molecule has 0 bridgehead atoms. The van der Waals surface area contributed by atoms with Crippen LogP contribution in [-0.4, -0.2) is 30.1 Å². The lowest BCUT2D eigenvalue weighted by Crippen LogP contribution is -2.45. The minimum absolute atomic E-state index is 0.0899. The standard InChI is InChI=1S/C17H24BrFN2/c1-12(16-10-13(18)5-8-17(16)19)21(15-6-7-15)11-14-4-2-3-9-20-14/h5,8,10,12,14-15,20H,2-4,6-7,9,11H2,1H3. The summed E-state index contributed by atoms with van der Waals surface area (Å²) in [7, 11) is 0.